The number of rotatable bonds is 3. The summed E-state index contributed by atoms with van der Waals surface area (Å²) in [5.41, 5.74) is 2.02. The van der Waals surface area contributed by atoms with Crippen LogP contribution in [0.25, 0.3) is 15.7 Å². The van der Waals surface area contributed by atoms with Crippen LogP contribution in [0.15, 0.2) is 48.7 Å². The predicted molar refractivity (Wildman–Crippen MR) is 95.9 cm³/mol. The quantitative estimate of drug-likeness (QED) is 0.492. The lowest BCUT2D eigenvalue weighted by Gasteiger charge is -2.01. The molecule has 24 heavy (non-hydrogen) atoms. The van der Waals surface area contributed by atoms with E-state index in [0.717, 1.165) is 26.3 Å². The summed E-state index contributed by atoms with van der Waals surface area (Å²) in [5, 5.41) is 1.63. The number of imidazole rings is 1. The molecule has 0 spiro atoms. The molecule has 0 radical (unpaired) electrons. The average Bonchev–Trinajstić information content (AvgIpc) is 3.16. The van der Waals surface area contributed by atoms with E-state index in [9.17, 15) is 4.79 Å². The number of nitrogens with zero attached hydrogens (tertiary/aromatic N) is 2. The van der Waals surface area contributed by atoms with Crippen molar-refractivity contribution in [2.45, 2.75) is 13.5 Å². The standard InChI is InChI=1S/C18H13ClN2O2S/c1-11-5-4-8-16-20-13(9-21(11)16)18(22)23-10-15-17(19)12-6-2-3-7-14(12)24-15/h2-9H,10H2,1H3. The van der Waals surface area contributed by atoms with Crippen LogP contribution in [-0.2, 0) is 11.3 Å². The number of benzene rings is 1. The molecule has 1 aromatic carbocycles. The number of thiophene rings is 1. The van der Waals surface area contributed by atoms with Crippen molar-refractivity contribution in [2.75, 3.05) is 0 Å². The van der Waals surface area contributed by atoms with E-state index in [2.05, 4.69) is 4.98 Å². The smallest absolute Gasteiger partial charge is 0.358 e. The van der Waals surface area contributed by atoms with Crippen LogP contribution in [0.1, 0.15) is 21.1 Å². The minimum absolute atomic E-state index is 0.143. The molecule has 3 heterocycles. The van der Waals surface area contributed by atoms with E-state index in [-0.39, 0.29) is 6.61 Å². The van der Waals surface area contributed by atoms with Crippen molar-refractivity contribution in [1.82, 2.24) is 9.38 Å². The van der Waals surface area contributed by atoms with Crippen molar-refractivity contribution >= 4 is 44.6 Å². The largest absolute Gasteiger partial charge is 0.455 e. The first-order chi connectivity index (χ1) is 11.6. The van der Waals surface area contributed by atoms with Gasteiger partial charge >= 0.3 is 5.97 Å². The van der Waals surface area contributed by atoms with E-state index in [1.165, 1.54) is 11.3 Å². The van der Waals surface area contributed by atoms with Gasteiger partial charge in [-0.15, -0.1) is 11.3 Å². The van der Waals surface area contributed by atoms with Crippen LogP contribution in [0, 0.1) is 6.92 Å². The van der Waals surface area contributed by atoms with Crippen LogP contribution in [0.4, 0.5) is 0 Å². The summed E-state index contributed by atoms with van der Waals surface area (Å²) in [4.78, 5) is 17.4. The van der Waals surface area contributed by atoms with Gasteiger partial charge < -0.3 is 9.14 Å². The third kappa shape index (κ3) is 2.56. The number of carbonyl (C=O) groups excluding carboxylic acids is 1. The van der Waals surface area contributed by atoms with Crippen LogP contribution in [0.5, 0.6) is 0 Å². The van der Waals surface area contributed by atoms with Gasteiger partial charge in [-0.05, 0) is 25.1 Å². The summed E-state index contributed by atoms with van der Waals surface area (Å²) in [6, 6.07) is 13.6. The van der Waals surface area contributed by atoms with Gasteiger partial charge in [0.2, 0.25) is 0 Å². The van der Waals surface area contributed by atoms with E-state index >= 15 is 0 Å². The van der Waals surface area contributed by atoms with Gasteiger partial charge in [0.25, 0.3) is 0 Å². The van der Waals surface area contributed by atoms with Crippen molar-refractivity contribution in [3.05, 3.63) is 69.9 Å². The maximum absolute atomic E-state index is 12.3. The van der Waals surface area contributed by atoms with Gasteiger partial charge in [-0.1, -0.05) is 35.9 Å². The van der Waals surface area contributed by atoms with Crippen LogP contribution in [0.2, 0.25) is 5.02 Å². The third-order valence-corrected chi connectivity index (χ3v) is 5.53. The Morgan fingerprint density at radius 2 is 2.08 bits per heavy atom. The van der Waals surface area contributed by atoms with Gasteiger partial charge in [-0.25, -0.2) is 9.78 Å². The first-order valence-electron chi connectivity index (χ1n) is 7.41. The topological polar surface area (TPSA) is 43.6 Å². The van der Waals surface area contributed by atoms with Crippen LogP contribution >= 0.6 is 22.9 Å². The number of carbonyl (C=O) groups is 1. The molecule has 0 bridgehead atoms. The molecular formula is C18H13ClN2O2S. The highest BCUT2D eigenvalue weighted by molar-refractivity contribution is 7.19. The first kappa shape index (κ1) is 15.2. The molecule has 120 valence electrons. The van der Waals surface area contributed by atoms with E-state index in [4.69, 9.17) is 16.3 Å². The molecule has 0 fully saturated rings. The normalized spacial score (nSPS) is 11.2. The number of hydrogen-bond donors (Lipinski definition) is 0. The summed E-state index contributed by atoms with van der Waals surface area (Å²) in [6.45, 7) is 2.10. The molecule has 0 saturated heterocycles. The molecule has 0 aliphatic heterocycles. The highest BCUT2D eigenvalue weighted by Crippen LogP contribution is 2.35. The lowest BCUT2D eigenvalue weighted by Crippen LogP contribution is -2.05. The third-order valence-electron chi connectivity index (χ3n) is 3.84. The fourth-order valence-corrected chi connectivity index (χ4v) is 4.01. The van der Waals surface area contributed by atoms with Crippen molar-refractivity contribution in [3.8, 4) is 0 Å². The van der Waals surface area contributed by atoms with Crippen LogP contribution in [0.3, 0.4) is 0 Å². The number of ether oxygens (including phenoxy) is 1. The lowest BCUT2D eigenvalue weighted by molar-refractivity contribution is 0.0471. The van der Waals surface area contributed by atoms with E-state index in [1.807, 2.05) is 53.8 Å². The summed E-state index contributed by atoms with van der Waals surface area (Å²) in [5.74, 6) is -0.452. The second-order valence-electron chi connectivity index (χ2n) is 5.43. The molecule has 4 rings (SSSR count). The number of esters is 1. The Labute approximate surface area is 147 Å². The van der Waals surface area contributed by atoms with Gasteiger partial charge in [0.15, 0.2) is 5.69 Å². The zero-order valence-corrected chi connectivity index (χ0v) is 14.4. The Hall–Kier alpha value is -2.37. The molecule has 0 amide bonds. The molecule has 0 aliphatic carbocycles. The minimum Gasteiger partial charge on any atom is -0.455 e. The summed E-state index contributed by atoms with van der Waals surface area (Å²) >= 11 is 7.90. The lowest BCUT2D eigenvalue weighted by atomic mass is 10.2. The number of halogens is 1. The molecule has 4 nitrogen and oxygen atoms in total. The summed E-state index contributed by atoms with van der Waals surface area (Å²) < 4.78 is 8.35. The van der Waals surface area contributed by atoms with E-state index < -0.39 is 5.97 Å². The molecule has 0 N–H and O–H groups in total. The Morgan fingerprint density at radius 1 is 1.25 bits per heavy atom. The fraction of sp³-hybridized carbons (Fsp3) is 0.111. The molecule has 0 atom stereocenters. The van der Waals surface area contributed by atoms with Gasteiger partial charge in [0.05, 0.1) is 9.90 Å². The monoisotopic (exact) mass is 356 g/mol. The van der Waals surface area contributed by atoms with Crippen molar-refractivity contribution in [2.24, 2.45) is 0 Å². The Kier molecular flexibility index (Phi) is 3.75. The number of hydrogen-bond acceptors (Lipinski definition) is 4. The zero-order chi connectivity index (χ0) is 16.7. The Balaban J connectivity index is 1.56. The zero-order valence-electron chi connectivity index (χ0n) is 12.8. The maximum Gasteiger partial charge on any atom is 0.358 e. The first-order valence-corrected chi connectivity index (χ1v) is 8.60. The molecule has 0 aliphatic rings. The molecular weight excluding hydrogens is 344 g/mol. The van der Waals surface area contributed by atoms with Crippen LogP contribution < -0.4 is 0 Å². The van der Waals surface area contributed by atoms with Gasteiger partial charge in [0, 0.05) is 22.0 Å². The minimum atomic E-state index is -0.452. The Bertz CT molecular complexity index is 1070. The predicted octanol–water partition coefficient (Wildman–Crippen LogP) is 4.87. The maximum atomic E-state index is 12.3. The van der Waals surface area contributed by atoms with Crippen molar-refractivity contribution in [3.63, 3.8) is 0 Å². The molecule has 4 aromatic rings. The average molecular weight is 357 g/mol. The van der Waals surface area contributed by atoms with Gasteiger partial charge in [0.1, 0.15) is 12.3 Å². The molecule has 0 saturated carbocycles. The van der Waals surface area contributed by atoms with E-state index in [0.29, 0.717) is 10.7 Å². The fourth-order valence-electron chi connectivity index (χ4n) is 2.61. The highest BCUT2D eigenvalue weighted by Gasteiger charge is 2.16. The highest BCUT2D eigenvalue weighted by atomic mass is 35.5. The Morgan fingerprint density at radius 3 is 2.88 bits per heavy atom. The second-order valence-corrected chi connectivity index (χ2v) is 6.95. The number of pyridine rings is 1. The number of aromatic nitrogens is 2. The van der Waals surface area contributed by atoms with Crippen LogP contribution in [-0.4, -0.2) is 15.4 Å². The summed E-state index contributed by atoms with van der Waals surface area (Å²) in [6.07, 6.45) is 1.69. The summed E-state index contributed by atoms with van der Waals surface area (Å²) in [7, 11) is 0. The van der Waals surface area contributed by atoms with E-state index in [1.54, 1.807) is 6.20 Å². The van der Waals surface area contributed by atoms with Gasteiger partial charge in [-0.3, -0.25) is 0 Å². The molecule has 0 unspecified atom stereocenters. The second kappa shape index (κ2) is 5.92. The van der Waals surface area contributed by atoms with Crippen molar-refractivity contribution in [1.29, 1.82) is 0 Å². The van der Waals surface area contributed by atoms with Crippen molar-refractivity contribution < 1.29 is 9.53 Å². The molecule has 6 heteroatoms. The number of fused-ring (bicyclic) bond motifs is 2. The SMILES string of the molecule is Cc1cccc2nc(C(=O)OCc3sc4ccccc4c3Cl)cn12. The van der Waals surface area contributed by atoms with Gasteiger partial charge in [-0.2, -0.15) is 0 Å². The number of aryl methyl sites for hydroxylation is 1. The molecule has 3 aromatic heterocycles.